The molecule has 1 aliphatic heterocycles. The Bertz CT molecular complexity index is 1290. The van der Waals surface area contributed by atoms with Gasteiger partial charge in [0, 0.05) is 50.8 Å². The monoisotopic (exact) mass is 486 g/mol. The number of esters is 1. The van der Waals surface area contributed by atoms with E-state index in [-0.39, 0.29) is 35.7 Å². The molecule has 2 aromatic carbocycles. The van der Waals surface area contributed by atoms with Crippen LogP contribution in [0.25, 0.3) is 0 Å². The third kappa shape index (κ3) is 5.57. The normalized spacial score (nSPS) is 13.7. The zero-order chi connectivity index (χ0) is 24.9. The van der Waals surface area contributed by atoms with Crippen molar-refractivity contribution in [1.29, 1.82) is 0 Å². The van der Waals surface area contributed by atoms with Gasteiger partial charge in [-0.2, -0.15) is 0 Å². The molecular weight excluding hydrogens is 461 g/mol. The molecule has 184 valence electrons. The standard InChI is InChI=1S/C26H25F3N2O4/c1-34-26(33)25-22-8-10-30(16-17-6-7-20(28)21(29)14-17)11-12-31(22)24(32)15-23(25)35-13-9-18-4-2-3-5-19(18)27/h2-7,14-15H,8-13,16H2,1H3. The van der Waals surface area contributed by atoms with Crippen LogP contribution in [0.5, 0.6) is 5.75 Å². The van der Waals surface area contributed by atoms with Crippen LogP contribution in [0.15, 0.2) is 53.3 Å². The Morgan fingerprint density at radius 3 is 2.51 bits per heavy atom. The number of methoxy groups -OCH3 is 1. The first-order valence-electron chi connectivity index (χ1n) is 11.2. The van der Waals surface area contributed by atoms with E-state index in [0.717, 1.165) is 12.1 Å². The van der Waals surface area contributed by atoms with Crippen LogP contribution in [0, 0.1) is 17.5 Å². The third-order valence-electron chi connectivity index (χ3n) is 6.05. The number of hydrogen-bond donors (Lipinski definition) is 0. The number of carbonyl (C=O) groups is 1. The molecule has 0 radical (unpaired) electrons. The van der Waals surface area contributed by atoms with Gasteiger partial charge in [0.1, 0.15) is 17.1 Å². The minimum atomic E-state index is -0.915. The lowest BCUT2D eigenvalue weighted by atomic mass is 10.1. The second-order valence-corrected chi connectivity index (χ2v) is 8.28. The van der Waals surface area contributed by atoms with E-state index < -0.39 is 17.6 Å². The Morgan fingerprint density at radius 2 is 1.77 bits per heavy atom. The van der Waals surface area contributed by atoms with Gasteiger partial charge in [-0.25, -0.2) is 18.0 Å². The van der Waals surface area contributed by atoms with Gasteiger partial charge in [0.15, 0.2) is 11.6 Å². The fourth-order valence-electron chi connectivity index (χ4n) is 4.26. The van der Waals surface area contributed by atoms with Crippen molar-refractivity contribution < 1.29 is 27.4 Å². The zero-order valence-electron chi connectivity index (χ0n) is 19.2. The van der Waals surface area contributed by atoms with Gasteiger partial charge in [-0.1, -0.05) is 24.3 Å². The maximum Gasteiger partial charge on any atom is 0.343 e. The molecule has 6 nitrogen and oxygen atoms in total. The summed E-state index contributed by atoms with van der Waals surface area (Å²) in [5.41, 5.74) is 1.38. The summed E-state index contributed by atoms with van der Waals surface area (Å²) in [6.45, 7) is 1.67. The van der Waals surface area contributed by atoms with Gasteiger partial charge in [-0.05, 0) is 29.3 Å². The molecule has 0 saturated heterocycles. The van der Waals surface area contributed by atoms with Gasteiger partial charge in [0.25, 0.3) is 5.56 Å². The lowest BCUT2D eigenvalue weighted by molar-refractivity contribution is 0.0593. The van der Waals surface area contributed by atoms with Crippen LogP contribution < -0.4 is 10.3 Å². The maximum absolute atomic E-state index is 13.9. The van der Waals surface area contributed by atoms with E-state index >= 15 is 0 Å². The molecule has 4 rings (SSSR count). The van der Waals surface area contributed by atoms with Crippen LogP contribution in [0.1, 0.15) is 27.2 Å². The predicted molar refractivity (Wildman–Crippen MR) is 123 cm³/mol. The highest BCUT2D eigenvalue weighted by Crippen LogP contribution is 2.25. The number of pyridine rings is 1. The third-order valence-corrected chi connectivity index (χ3v) is 6.05. The molecule has 0 fully saturated rings. The minimum Gasteiger partial charge on any atom is -0.492 e. The quantitative estimate of drug-likeness (QED) is 0.477. The highest BCUT2D eigenvalue weighted by atomic mass is 19.2. The number of rotatable bonds is 7. The van der Waals surface area contributed by atoms with E-state index in [0.29, 0.717) is 49.4 Å². The molecule has 0 unspecified atom stereocenters. The first-order chi connectivity index (χ1) is 16.9. The maximum atomic E-state index is 13.9. The Kier molecular flexibility index (Phi) is 7.55. The van der Waals surface area contributed by atoms with Gasteiger partial charge in [0.05, 0.1) is 13.7 Å². The molecule has 2 heterocycles. The second kappa shape index (κ2) is 10.8. The van der Waals surface area contributed by atoms with Crippen molar-refractivity contribution >= 4 is 5.97 Å². The molecular formula is C26H25F3N2O4. The summed E-state index contributed by atoms with van der Waals surface area (Å²) in [6.07, 6.45) is 0.599. The molecule has 0 bridgehead atoms. The van der Waals surface area contributed by atoms with Gasteiger partial charge < -0.3 is 14.0 Å². The Balaban J connectivity index is 1.55. The molecule has 3 aromatic rings. The average Bonchev–Trinajstić information content (AvgIpc) is 3.05. The first-order valence-corrected chi connectivity index (χ1v) is 11.2. The second-order valence-electron chi connectivity index (χ2n) is 8.28. The fraction of sp³-hybridized carbons (Fsp3) is 0.308. The van der Waals surface area contributed by atoms with Crippen LogP contribution in [-0.4, -0.2) is 42.2 Å². The van der Waals surface area contributed by atoms with E-state index in [1.807, 2.05) is 4.90 Å². The lowest BCUT2D eigenvalue weighted by Crippen LogP contribution is -2.29. The molecule has 35 heavy (non-hydrogen) atoms. The van der Waals surface area contributed by atoms with Crippen molar-refractivity contribution in [2.45, 2.75) is 25.9 Å². The number of benzene rings is 2. The Hall–Kier alpha value is -3.59. The fourth-order valence-corrected chi connectivity index (χ4v) is 4.26. The van der Waals surface area contributed by atoms with Crippen molar-refractivity contribution in [1.82, 2.24) is 9.47 Å². The summed E-state index contributed by atoms with van der Waals surface area (Å²) in [4.78, 5) is 27.6. The van der Waals surface area contributed by atoms with Crippen LogP contribution in [0.3, 0.4) is 0 Å². The van der Waals surface area contributed by atoms with Crippen LogP contribution in [0.2, 0.25) is 0 Å². The van der Waals surface area contributed by atoms with Gasteiger partial charge in [0.2, 0.25) is 0 Å². The predicted octanol–water partition coefficient (Wildman–Crippen LogP) is 3.73. The first kappa shape index (κ1) is 24.5. The Morgan fingerprint density at radius 1 is 0.971 bits per heavy atom. The molecule has 1 aliphatic rings. The number of fused-ring (bicyclic) bond motifs is 1. The minimum absolute atomic E-state index is 0.0656. The smallest absolute Gasteiger partial charge is 0.343 e. The summed E-state index contributed by atoms with van der Waals surface area (Å²) in [6, 6.07) is 11.3. The molecule has 9 heteroatoms. The van der Waals surface area contributed by atoms with Crippen LogP contribution >= 0.6 is 0 Å². The van der Waals surface area contributed by atoms with Crippen molar-refractivity contribution in [3.8, 4) is 5.75 Å². The van der Waals surface area contributed by atoms with E-state index in [1.165, 1.54) is 29.9 Å². The summed E-state index contributed by atoms with van der Waals surface area (Å²) in [5.74, 6) is -2.72. The number of hydrogen-bond acceptors (Lipinski definition) is 5. The van der Waals surface area contributed by atoms with Crippen molar-refractivity contribution in [3.63, 3.8) is 0 Å². The number of carbonyl (C=O) groups excluding carboxylic acids is 1. The van der Waals surface area contributed by atoms with E-state index in [1.54, 1.807) is 18.2 Å². The van der Waals surface area contributed by atoms with Gasteiger partial charge >= 0.3 is 5.97 Å². The largest absolute Gasteiger partial charge is 0.492 e. The van der Waals surface area contributed by atoms with Gasteiger partial charge in [-0.15, -0.1) is 0 Å². The number of aromatic nitrogens is 1. The molecule has 0 aliphatic carbocycles. The number of halogens is 3. The van der Waals surface area contributed by atoms with Crippen LogP contribution in [0.4, 0.5) is 13.2 Å². The summed E-state index contributed by atoms with van der Waals surface area (Å²) in [5, 5.41) is 0. The van der Waals surface area contributed by atoms with Gasteiger partial charge in [-0.3, -0.25) is 9.69 Å². The van der Waals surface area contributed by atoms with Crippen molar-refractivity contribution in [2.75, 3.05) is 26.8 Å². The Labute approximate surface area is 200 Å². The number of ether oxygens (including phenoxy) is 2. The SMILES string of the molecule is COC(=O)c1c(OCCc2ccccc2F)cc(=O)n2c1CCN(Cc1ccc(F)c(F)c1)CC2. The lowest BCUT2D eigenvalue weighted by Gasteiger charge is -2.19. The highest BCUT2D eigenvalue weighted by Gasteiger charge is 2.26. The molecule has 0 N–H and O–H groups in total. The zero-order valence-corrected chi connectivity index (χ0v) is 19.2. The van der Waals surface area contributed by atoms with Crippen molar-refractivity contribution in [2.24, 2.45) is 0 Å². The molecule has 0 amide bonds. The average molecular weight is 486 g/mol. The van der Waals surface area contributed by atoms with E-state index in [9.17, 15) is 22.8 Å². The summed E-state index contributed by atoms with van der Waals surface area (Å²) >= 11 is 0. The molecule has 0 saturated carbocycles. The topological polar surface area (TPSA) is 60.8 Å². The summed E-state index contributed by atoms with van der Waals surface area (Å²) < 4.78 is 53.1. The highest BCUT2D eigenvalue weighted by molar-refractivity contribution is 5.93. The van der Waals surface area contributed by atoms with Crippen molar-refractivity contribution in [3.05, 3.63) is 98.7 Å². The molecule has 1 aromatic heterocycles. The van der Waals surface area contributed by atoms with E-state index in [2.05, 4.69) is 0 Å². The van der Waals surface area contributed by atoms with E-state index in [4.69, 9.17) is 9.47 Å². The molecule has 0 spiro atoms. The summed E-state index contributed by atoms with van der Waals surface area (Å²) in [7, 11) is 1.25. The number of nitrogens with zero attached hydrogens (tertiary/aromatic N) is 2. The molecule has 0 atom stereocenters. The van der Waals surface area contributed by atoms with Crippen LogP contribution in [-0.2, 0) is 30.7 Å².